The molecule has 0 spiro atoms. The van der Waals surface area contributed by atoms with E-state index in [0.29, 0.717) is 23.3 Å². The van der Waals surface area contributed by atoms with E-state index in [1.807, 2.05) is 49.4 Å². The molecule has 3 rings (SSSR count). The van der Waals surface area contributed by atoms with Crippen LogP contribution in [0.5, 0.6) is 5.75 Å². The number of carbonyl (C=O) groups excluding carboxylic acids is 1. The van der Waals surface area contributed by atoms with Crippen LogP contribution in [0.4, 0.5) is 0 Å². The Balaban J connectivity index is 1.55. The van der Waals surface area contributed by atoms with E-state index in [0.717, 1.165) is 22.3 Å². The molecule has 7 heteroatoms. The SMILES string of the molecule is CCOc1ccc2nc(SCC(=O)NCc3ccccc3Cl)[nH]c2c1. The summed E-state index contributed by atoms with van der Waals surface area (Å²) in [5, 5.41) is 4.22. The molecule has 130 valence electrons. The second-order valence-electron chi connectivity index (χ2n) is 5.31. The van der Waals surface area contributed by atoms with E-state index in [1.165, 1.54) is 11.8 Å². The predicted octanol–water partition coefficient (Wildman–Crippen LogP) is 4.02. The fraction of sp³-hybridized carbons (Fsp3) is 0.222. The van der Waals surface area contributed by atoms with E-state index in [2.05, 4.69) is 15.3 Å². The number of aromatic amines is 1. The van der Waals surface area contributed by atoms with Crippen LogP contribution >= 0.6 is 23.4 Å². The van der Waals surface area contributed by atoms with Gasteiger partial charge in [0.1, 0.15) is 5.75 Å². The smallest absolute Gasteiger partial charge is 0.230 e. The Hall–Kier alpha value is -2.18. The van der Waals surface area contributed by atoms with Crippen molar-refractivity contribution in [3.63, 3.8) is 0 Å². The molecule has 0 fully saturated rings. The second kappa shape index (κ2) is 8.27. The summed E-state index contributed by atoms with van der Waals surface area (Å²) in [7, 11) is 0. The fourth-order valence-corrected chi connectivity index (χ4v) is 3.23. The van der Waals surface area contributed by atoms with E-state index < -0.39 is 0 Å². The highest BCUT2D eigenvalue weighted by atomic mass is 35.5. The van der Waals surface area contributed by atoms with Crippen molar-refractivity contribution in [2.45, 2.75) is 18.6 Å². The van der Waals surface area contributed by atoms with Crippen LogP contribution in [0.15, 0.2) is 47.6 Å². The third-order valence-corrected chi connectivity index (χ3v) is 4.76. The van der Waals surface area contributed by atoms with Gasteiger partial charge in [0.2, 0.25) is 5.91 Å². The number of H-pyrrole nitrogens is 1. The number of fused-ring (bicyclic) bond motifs is 1. The van der Waals surface area contributed by atoms with E-state index in [-0.39, 0.29) is 11.7 Å². The van der Waals surface area contributed by atoms with Gasteiger partial charge in [0.15, 0.2) is 5.16 Å². The molecule has 3 aromatic rings. The van der Waals surface area contributed by atoms with Crippen molar-refractivity contribution in [1.82, 2.24) is 15.3 Å². The van der Waals surface area contributed by atoms with E-state index in [1.54, 1.807) is 0 Å². The Morgan fingerprint density at radius 1 is 1.32 bits per heavy atom. The Morgan fingerprint density at radius 3 is 2.96 bits per heavy atom. The summed E-state index contributed by atoms with van der Waals surface area (Å²) in [4.78, 5) is 19.7. The molecule has 2 N–H and O–H groups in total. The minimum atomic E-state index is -0.0691. The summed E-state index contributed by atoms with van der Waals surface area (Å²) in [5.74, 6) is 1.01. The zero-order valence-electron chi connectivity index (χ0n) is 13.7. The van der Waals surface area contributed by atoms with Gasteiger partial charge in [-0.15, -0.1) is 0 Å². The number of thioether (sulfide) groups is 1. The third kappa shape index (κ3) is 4.67. The van der Waals surface area contributed by atoms with Gasteiger partial charge in [0.05, 0.1) is 23.4 Å². The average molecular weight is 376 g/mol. The van der Waals surface area contributed by atoms with Gasteiger partial charge in [-0.2, -0.15) is 0 Å². The topological polar surface area (TPSA) is 67.0 Å². The standard InChI is InChI=1S/C18H18ClN3O2S/c1-2-24-13-7-8-15-16(9-13)22-18(21-15)25-11-17(23)20-10-12-5-3-4-6-14(12)19/h3-9H,2,10-11H2,1H3,(H,20,23)(H,21,22). The lowest BCUT2D eigenvalue weighted by molar-refractivity contribution is -0.118. The van der Waals surface area contributed by atoms with Gasteiger partial charge in [-0.05, 0) is 30.7 Å². The molecule has 0 aliphatic carbocycles. The quantitative estimate of drug-likeness (QED) is 0.612. The molecule has 0 aliphatic rings. The largest absolute Gasteiger partial charge is 0.494 e. The number of nitrogens with zero attached hydrogens (tertiary/aromatic N) is 1. The van der Waals surface area contributed by atoms with Crippen molar-refractivity contribution in [3.8, 4) is 5.75 Å². The highest BCUT2D eigenvalue weighted by molar-refractivity contribution is 7.99. The predicted molar refractivity (Wildman–Crippen MR) is 101 cm³/mol. The number of amides is 1. The normalized spacial score (nSPS) is 10.8. The van der Waals surface area contributed by atoms with Gasteiger partial charge in [0.25, 0.3) is 0 Å². The number of aromatic nitrogens is 2. The zero-order valence-corrected chi connectivity index (χ0v) is 15.3. The van der Waals surface area contributed by atoms with E-state index in [9.17, 15) is 4.79 Å². The van der Waals surface area contributed by atoms with E-state index in [4.69, 9.17) is 16.3 Å². The first kappa shape index (κ1) is 17.6. The number of nitrogens with one attached hydrogen (secondary N) is 2. The fourth-order valence-electron chi connectivity index (χ4n) is 2.31. The van der Waals surface area contributed by atoms with Crippen molar-refractivity contribution in [2.75, 3.05) is 12.4 Å². The van der Waals surface area contributed by atoms with Crippen molar-refractivity contribution < 1.29 is 9.53 Å². The zero-order chi connectivity index (χ0) is 17.6. The number of imidazole rings is 1. The maximum absolute atomic E-state index is 12.0. The van der Waals surface area contributed by atoms with Crippen molar-refractivity contribution >= 4 is 40.3 Å². The summed E-state index contributed by atoms with van der Waals surface area (Å²) in [5.41, 5.74) is 2.64. The second-order valence-corrected chi connectivity index (χ2v) is 6.68. The highest BCUT2D eigenvalue weighted by Gasteiger charge is 2.08. The van der Waals surface area contributed by atoms with Gasteiger partial charge in [-0.3, -0.25) is 4.79 Å². The van der Waals surface area contributed by atoms with Crippen LogP contribution in [0.3, 0.4) is 0 Å². The van der Waals surface area contributed by atoms with Crippen molar-refractivity contribution in [3.05, 3.63) is 53.1 Å². The summed E-state index contributed by atoms with van der Waals surface area (Å²) in [6, 6.07) is 13.2. The molecule has 1 amide bonds. The first-order chi connectivity index (χ1) is 12.2. The van der Waals surface area contributed by atoms with E-state index >= 15 is 0 Å². The molecule has 0 saturated heterocycles. The Labute approximate surface area is 155 Å². The molecule has 5 nitrogen and oxygen atoms in total. The molecule has 0 radical (unpaired) electrons. The first-order valence-corrected chi connectivity index (χ1v) is 9.27. The summed E-state index contributed by atoms with van der Waals surface area (Å²) in [6.07, 6.45) is 0. The van der Waals surface area contributed by atoms with Crippen LogP contribution in [0, 0.1) is 0 Å². The number of hydrogen-bond acceptors (Lipinski definition) is 4. The molecule has 2 aromatic carbocycles. The summed E-state index contributed by atoms with van der Waals surface area (Å²) < 4.78 is 5.48. The van der Waals surface area contributed by atoms with Crippen LogP contribution in [0.1, 0.15) is 12.5 Å². The van der Waals surface area contributed by atoms with Crippen LogP contribution in [0.2, 0.25) is 5.02 Å². The van der Waals surface area contributed by atoms with Crippen LogP contribution in [-0.2, 0) is 11.3 Å². The molecule has 1 aromatic heterocycles. The maximum Gasteiger partial charge on any atom is 0.230 e. The molecular formula is C18H18ClN3O2S. The summed E-state index contributed by atoms with van der Waals surface area (Å²) in [6.45, 7) is 2.98. The number of hydrogen-bond donors (Lipinski definition) is 2. The van der Waals surface area contributed by atoms with Crippen molar-refractivity contribution in [2.24, 2.45) is 0 Å². The molecule has 1 heterocycles. The van der Waals surface area contributed by atoms with Gasteiger partial charge < -0.3 is 15.0 Å². The molecular weight excluding hydrogens is 358 g/mol. The van der Waals surface area contributed by atoms with Crippen molar-refractivity contribution in [1.29, 1.82) is 0 Å². The number of rotatable bonds is 7. The minimum absolute atomic E-state index is 0.0691. The Morgan fingerprint density at radius 2 is 2.16 bits per heavy atom. The van der Waals surface area contributed by atoms with Gasteiger partial charge in [0, 0.05) is 17.6 Å². The lowest BCUT2D eigenvalue weighted by Gasteiger charge is -2.06. The monoisotopic (exact) mass is 375 g/mol. The highest BCUT2D eigenvalue weighted by Crippen LogP contribution is 2.23. The average Bonchev–Trinajstić information content (AvgIpc) is 3.02. The maximum atomic E-state index is 12.0. The Bertz CT molecular complexity index is 882. The lowest BCUT2D eigenvalue weighted by Crippen LogP contribution is -2.24. The van der Waals surface area contributed by atoms with Crippen LogP contribution in [-0.4, -0.2) is 28.2 Å². The minimum Gasteiger partial charge on any atom is -0.494 e. The molecule has 0 saturated carbocycles. The lowest BCUT2D eigenvalue weighted by atomic mass is 10.2. The number of carbonyl (C=O) groups is 1. The van der Waals surface area contributed by atoms with Gasteiger partial charge in [-0.1, -0.05) is 41.6 Å². The van der Waals surface area contributed by atoms with Crippen LogP contribution in [0.25, 0.3) is 11.0 Å². The number of benzene rings is 2. The first-order valence-electron chi connectivity index (χ1n) is 7.91. The summed E-state index contributed by atoms with van der Waals surface area (Å²) >= 11 is 7.44. The molecule has 0 bridgehead atoms. The third-order valence-electron chi connectivity index (χ3n) is 3.52. The molecule has 0 aliphatic heterocycles. The van der Waals surface area contributed by atoms with Gasteiger partial charge in [-0.25, -0.2) is 4.98 Å². The number of ether oxygens (including phenoxy) is 1. The number of halogens is 1. The molecule has 0 unspecified atom stereocenters. The van der Waals surface area contributed by atoms with Gasteiger partial charge >= 0.3 is 0 Å². The Kier molecular flexibility index (Phi) is 5.83. The van der Waals surface area contributed by atoms with Crippen LogP contribution < -0.4 is 10.1 Å². The molecule has 25 heavy (non-hydrogen) atoms. The molecule has 0 atom stereocenters.